The molecule has 0 unspecified atom stereocenters. The standard InChI is InChI=1S/C22H21N3O3S/c1-28-22-17(5-3-9-24-22)16-6-7-20-18(10-16)19-13-25(14-21(19)29(20,26)27)12-15-4-2-8-23-11-15/h2-11,19,21H,12-14H2,1H3/t19-,21-/m1/s1. The Morgan fingerprint density at radius 2 is 2.00 bits per heavy atom. The lowest BCUT2D eigenvalue weighted by Crippen LogP contribution is -2.25. The molecule has 0 amide bonds. The van der Waals surface area contributed by atoms with Crippen molar-refractivity contribution >= 4 is 9.84 Å². The molecule has 2 atom stereocenters. The highest BCUT2D eigenvalue weighted by atomic mass is 32.2. The first kappa shape index (κ1) is 18.3. The molecule has 0 N–H and O–H groups in total. The maximum atomic E-state index is 13.2. The van der Waals surface area contributed by atoms with Crippen molar-refractivity contribution in [1.29, 1.82) is 0 Å². The number of sulfone groups is 1. The molecule has 1 fully saturated rings. The molecule has 2 aliphatic heterocycles. The number of hydrogen-bond donors (Lipinski definition) is 0. The van der Waals surface area contributed by atoms with Gasteiger partial charge in [0, 0.05) is 49.7 Å². The summed E-state index contributed by atoms with van der Waals surface area (Å²) in [4.78, 5) is 11.1. The molecule has 0 radical (unpaired) electrons. The molecule has 2 aliphatic rings. The van der Waals surface area contributed by atoms with E-state index in [4.69, 9.17) is 4.74 Å². The van der Waals surface area contributed by atoms with E-state index in [0.29, 0.717) is 23.9 Å². The molecule has 0 aliphatic carbocycles. The molecule has 2 aromatic heterocycles. The van der Waals surface area contributed by atoms with Crippen molar-refractivity contribution in [2.24, 2.45) is 0 Å². The molecule has 6 nitrogen and oxygen atoms in total. The molecule has 1 saturated heterocycles. The first-order valence-electron chi connectivity index (χ1n) is 9.56. The van der Waals surface area contributed by atoms with Gasteiger partial charge in [0.15, 0.2) is 9.84 Å². The van der Waals surface area contributed by atoms with Gasteiger partial charge in [0.1, 0.15) is 0 Å². The zero-order valence-corrected chi connectivity index (χ0v) is 16.8. The predicted molar refractivity (Wildman–Crippen MR) is 109 cm³/mol. The van der Waals surface area contributed by atoms with E-state index < -0.39 is 9.84 Å². The lowest BCUT2D eigenvalue weighted by molar-refractivity contribution is 0.325. The summed E-state index contributed by atoms with van der Waals surface area (Å²) in [6.45, 7) is 1.98. The van der Waals surface area contributed by atoms with Crippen LogP contribution in [0.1, 0.15) is 17.0 Å². The van der Waals surface area contributed by atoms with E-state index in [1.54, 1.807) is 25.6 Å². The first-order chi connectivity index (χ1) is 14.1. The number of hydrogen-bond acceptors (Lipinski definition) is 6. The number of ether oxygens (including phenoxy) is 1. The SMILES string of the molecule is COc1ncccc1-c1ccc2c(c1)[C@H]1CN(Cc3cccnc3)C[C@H]1S2(=O)=O. The van der Waals surface area contributed by atoms with Crippen LogP contribution in [0.5, 0.6) is 5.88 Å². The Labute approximate surface area is 170 Å². The van der Waals surface area contributed by atoms with Crippen LogP contribution in [-0.4, -0.2) is 48.7 Å². The van der Waals surface area contributed by atoms with Gasteiger partial charge in [-0.3, -0.25) is 9.88 Å². The fourth-order valence-electron chi connectivity index (χ4n) is 4.55. The highest BCUT2D eigenvalue weighted by molar-refractivity contribution is 7.92. The van der Waals surface area contributed by atoms with E-state index in [2.05, 4.69) is 14.9 Å². The minimum atomic E-state index is -3.33. The number of benzene rings is 1. The van der Waals surface area contributed by atoms with Gasteiger partial charge in [-0.15, -0.1) is 0 Å². The predicted octanol–water partition coefficient (Wildman–Crippen LogP) is 2.91. The van der Waals surface area contributed by atoms with Crippen LogP contribution in [0.15, 0.2) is 66.0 Å². The van der Waals surface area contributed by atoms with Crippen LogP contribution < -0.4 is 4.74 Å². The molecule has 1 aromatic carbocycles. The maximum absolute atomic E-state index is 13.2. The average Bonchev–Trinajstić information content (AvgIpc) is 3.26. The minimum Gasteiger partial charge on any atom is -0.481 e. The summed E-state index contributed by atoms with van der Waals surface area (Å²) in [6, 6.07) is 13.3. The molecule has 29 heavy (non-hydrogen) atoms. The number of aromatic nitrogens is 2. The lowest BCUT2D eigenvalue weighted by atomic mass is 9.95. The van der Waals surface area contributed by atoms with Crippen molar-refractivity contribution in [3.8, 4) is 17.0 Å². The van der Waals surface area contributed by atoms with Crippen LogP contribution >= 0.6 is 0 Å². The van der Waals surface area contributed by atoms with Gasteiger partial charge in [0.2, 0.25) is 5.88 Å². The third-order valence-electron chi connectivity index (χ3n) is 5.86. The third-order valence-corrected chi connectivity index (χ3v) is 8.12. The normalized spacial score (nSPS) is 22.2. The summed E-state index contributed by atoms with van der Waals surface area (Å²) >= 11 is 0. The number of likely N-dealkylation sites (tertiary alicyclic amines) is 1. The summed E-state index contributed by atoms with van der Waals surface area (Å²) in [5.74, 6) is 0.517. The van der Waals surface area contributed by atoms with Crippen molar-refractivity contribution in [3.63, 3.8) is 0 Å². The monoisotopic (exact) mass is 407 g/mol. The van der Waals surface area contributed by atoms with Gasteiger partial charge in [-0.2, -0.15) is 0 Å². The number of nitrogens with zero attached hydrogens (tertiary/aromatic N) is 3. The van der Waals surface area contributed by atoms with E-state index in [1.807, 2.05) is 42.6 Å². The number of methoxy groups -OCH3 is 1. The van der Waals surface area contributed by atoms with Gasteiger partial charge in [-0.05, 0) is 47.0 Å². The van der Waals surface area contributed by atoms with Crippen molar-refractivity contribution in [2.75, 3.05) is 20.2 Å². The summed E-state index contributed by atoms with van der Waals surface area (Å²) in [7, 11) is -1.74. The fraction of sp³-hybridized carbons (Fsp3) is 0.273. The first-order valence-corrected chi connectivity index (χ1v) is 11.1. The topological polar surface area (TPSA) is 72.4 Å². The van der Waals surface area contributed by atoms with Crippen LogP contribution in [-0.2, 0) is 16.4 Å². The Morgan fingerprint density at radius 3 is 2.79 bits per heavy atom. The molecular formula is C22H21N3O3S. The van der Waals surface area contributed by atoms with Gasteiger partial charge in [0.05, 0.1) is 17.3 Å². The van der Waals surface area contributed by atoms with Crippen LogP contribution in [0.4, 0.5) is 0 Å². The Hall–Kier alpha value is -2.77. The van der Waals surface area contributed by atoms with Gasteiger partial charge < -0.3 is 4.74 Å². The number of pyridine rings is 2. The second kappa shape index (κ2) is 6.93. The van der Waals surface area contributed by atoms with E-state index in [1.165, 1.54) is 0 Å². The Morgan fingerprint density at radius 1 is 1.14 bits per heavy atom. The molecule has 3 aromatic rings. The molecule has 0 bridgehead atoms. The van der Waals surface area contributed by atoms with E-state index >= 15 is 0 Å². The number of rotatable bonds is 4. The zero-order chi connectivity index (χ0) is 20.0. The minimum absolute atomic E-state index is 0.0192. The zero-order valence-electron chi connectivity index (χ0n) is 16.0. The highest BCUT2D eigenvalue weighted by Gasteiger charge is 2.50. The molecule has 5 rings (SSSR count). The van der Waals surface area contributed by atoms with Crippen molar-refractivity contribution in [2.45, 2.75) is 22.6 Å². The molecule has 148 valence electrons. The van der Waals surface area contributed by atoms with Crippen LogP contribution in [0.2, 0.25) is 0 Å². The lowest BCUT2D eigenvalue weighted by Gasteiger charge is -2.17. The Balaban J connectivity index is 1.50. The van der Waals surface area contributed by atoms with Crippen LogP contribution in [0.3, 0.4) is 0 Å². The largest absolute Gasteiger partial charge is 0.481 e. The van der Waals surface area contributed by atoms with Gasteiger partial charge in [-0.1, -0.05) is 12.1 Å². The smallest absolute Gasteiger partial charge is 0.221 e. The summed E-state index contributed by atoms with van der Waals surface area (Å²) in [6.07, 6.45) is 5.27. The molecule has 4 heterocycles. The highest BCUT2D eigenvalue weighted by Crippen LogP contribution is 2.46. The van der Waals surface area contributed by atoms with Gasteiger partial charge in [-0.25, -0.2) is 13.4 Å². The fourth-order valence-corrected chi connectivity index (χ4v) is 6.74. The van der Waals surface area contributed by atoms with E-state index in [9.17, 15) is 8.42 Å². The van der Waals surface area contributed by atoms with Gasteiger partial charge >= 0.3 is 0 Å². The van der Waals surface area contributed by atoms with Crippen LogP contribution in [0, 0.1) is 0 Å². The third kappa shape index (κ3) is 3.01. The summed E-state index contributed by atoms with van der Waals surface area (Å²) in [5, 5.41) is -0.389. The van der Waals surface area contributed by atoms with E-state index in [0.717, 1.165) is 28.8 Å². The number of fused-ring (bicyclic) bond motifs is 3. The second-order valence-corrected chi connectivity index (χ2v) is 9.69. The van der Waals surface area contributed by atoms with Crippen molar-refractivity contribution < 1.29 is 13.2 Å². The maximum Gasteiger partial charge on any atom is 0.221 e. The van der Waals surface area contributed by atoms with E-state index in [-0.39, 0.29) is 11.2 Å². The summed E-state index contributed by atoms with van der Waals surface area (Å²) in [5.41, 5.74) is 3.80. The van der Waals surface area contributed by atoms with Gasteiger partial charge in [0.25, 0.3) is 0 Å². The molecule has 0 spiro atoms. The second-order valence-electron chi connectivity index (χ2n) is 7.56. The molecule has 0 saturated carbocycles. The Kier molecular flexibility index (Phi) is 4.37. The average molecular weight is 407 g/mol. The van der Waals surface area contributed by atoms with Crippen molar-refractivity contribution in [3.05, 3.63) is 72.2 Å². The quantitative estimate of drug-likeness (QED) is 0.662. The van der Waals surface area contributed by atoms with Crippen molar-refractivity contribution in [1.82, 2.24) is 14.9 Å². The molecular weight excluding hydrogens is 386 g/mol. The Bertz CT molecular complexity index is 1160. The summed E-state index contributed by atoms with van der Waals surface area (Å²) < 4.78 is 31.7. The molecule has 7 heteroatoms. The van der Waals surface area contributed by atoms with Crippen LogP contribution in [0.25, 0.3) is 11.1 Å².